The van der Waals surface area contributed by atoms with Gasteiger partial charge in [0.2, 0.25) is 0 Å². The van der Waals surface area contributed by atoms with Crippen LogP contribution in [0.2, 0.25) is 0 Å². The number of H-pyrrole nitrogens is 1. The normalized spacial score (nSPS) is 15.2. The molecule has 1 amide bonds. The summed E-state index contributed by atoms with van der Waals surface area (Å²) in [4.78, 5) is 15.8. The fourth-order valence-corrected chi connectivity index (χ4v) is 4.34. The summed E-state index contributed by atoms with van der Waals surface area (Å²) in [6.45, 7) is 0.605. The molecule has 2 heterocycles. The molecule has 7 heteroatoms. The highest BCUT2D eigenvalue weighted by Gasteiger charge is 2.26. The third-order valence-electron chi connectivity index (χ3n) is 5.89. The second-order valence-electron chi connectivity index (χ2n) is 7.93. The quantitative estimate of drug-likeness (QED) is 0.407. The van der Waals surface area contributed by atoms with E-state index in [0.29, 0.717) is 11.5 Å². The molecule has 0 aliphatic carbocycles. The highest BCUT2D eigenvalue weighted by Crippen LogP contribution is 2.37. The number of carbonyl (C=O) groups excluding carboxylic acids is 1. The molecule has 1 aliphatic heterocycles. The number of ether oxygens (including phenoxy) is 2. The lowest BCUT2D eigenvalue weighted by Gasteiger charge is -2.25. The summed E-state index contributed by atoms with van der Waals surface area (Å²) in [5, 5.41) is 7.35. The Bertz CT molecular complexity index is 1320. The van der Waals surface area contributed by atoms with Crippen molar-refractivity contribution in [1.82, 2.24) is 10.3 Å². The second kappa shape index (κ2) is 8.96. The first-order chi connectivity index (χ1) is 16.1. The maximum atomic E-state index is 13.7. The van der Waals surface area contributed by atoms with E-state index in [9.17, 15) is 9.18 Å². The van der Waals surface area contributed by atoms with Gasteiger partial charge in [0.1, 0.15) is 5.82 Å². The minimum absolute atomic E-state index is 0.00606. The summed E-state index contributed by atoms with van der Waals surface area (Å²) < 4.78 is 25.0. The molecule has 1 aliphatic rings. The Morgan fingerprint density at radius 2 is 1.91 bits per heavy atom. The molecule has 168 valence electrons. The molecule has 33 heavy (non-hydrogen) atoms. The van der Waals surface area contributed by atoms with Crippen molar-refractivity contribution in [3.8, 4) is 11.5 Å². The van der Waals surface area contributed by atoms with Crippen LogP contribution in [0.4, 0.5) is 10.1 Å². The molecular formula is C26H24FN3O3. The highest BCUT2D eigenvalue weighted by molar-refractivity contribution is 5.92. The molecule has 0 radical (unpaired) electrons. The van der Waals surface area contributed by atoms with Gasteiger partial charge in [-0.2, -0.15) is 0 Å². The number of hydrogen-bond acceptors (Lipinski definition) is 4. The largest absolute Gasteiger partial charge is 0.493 e. The summed E-state index contributed by atoms with van der Waals surface area (Å²) in [5.41, 5.74) is 4.76. The summed E-state index contributed by atoms with van der Waals surface area (Å²) in [6.07, 6.45) is 0.964. The van der Waals surface area contributed by atoms with Gasteiger partial charge in [0.25, 0.3) is 5.91 Å². The van der Waals surface area contributed by atoms with Crippen LogP contribution < -0.4 is 20.1 Å². The average Bonchev–Trinajstić information content (AvgIpc) is 3.23. The number of rotatable bonds is 6. The topological polar surface area (TPSA) is 75.4 Å². The molecule has 4 aromatic rings. The van der Waals surface area contributed by atoms with Crippen molar-refractivity contribution in [2.24, 2.45) is 0 Å². The Kier molecular flexibility index (Phi) is 5.71. The monoisotopic (exact) mass is 445 g/mol. The van der Waals surface area contributed by atoms with E-state index >= 15 is 0 Å². The zero-order valence-electron chi connectivity index (χ0n) is 18.2. The summed E-state index contributed by atoms with van der Waals surface area (Å²) in [5.74, 6) is 0.0147. The molecule has 6 nitrogen and oxygen atoms in total. The van der Waals surface area contributed by atoms with Crippen LogP contribution in [0.5, 0.6) is 11.5 Å². The lowest BCUT2D eigenvalue weighted by atomic mass is 9.94. The molecule has 3 aromatic carbocycles. The number of aromatic nitrogens is 1. The Balaban J connectivity index is 1.34. The Morgan fingerprint density at radius 3 is 2.76 bits per heavy atom. The number of fused-ring (bicyclic) bond motifs is 3. The smallest absolute Gasteiger partial charge is 0.262 e. The lowest BCUT2D eigenvalue weighted by Crippen LogP contribution is -2.30. The van der Waals surface area contributed by atoms with Crippen LogP contribution >= 0.6 is 0 Å². The Labute approximate surface area is 190 Å². The van der Waals surface area contributed by atoms with Crippen LogP contribution in [0.15, 0.2) is 66.7 Å². The van der Waals surface area contributed by atoms with E-state index in [-0.39, 0.29) is 18.3 Å². The number of anilines is 1. The van der Waals surface area contributed by atoms with E-state index < -0.39 is 11.7 Å². The first kappa shape index (κ1) is 21.0. The van der Waals surface area contributed by atoms with Gasteiger partial charge in [-0.15, -0.1) is 0 Å². The number of benzene rings is 3. The van der Waals surface area contributed by atoms with Crippen LogP contribution in [0.25, 0.3) is 10.9 Å². The fourth-order valence-electron chi connectivity index (χ4n) is 4.34. The average molecular weight is 445 g/mol. The fraction of sp³-hybridized carbons (Fsp3) is 0.192. The molecule has 0 spiro atoms. The number of aromatic amines is 1. The number of para-hydroxylation sites is 2. The van der Waals surface area contributed by atoms with Crippen LogP contribution in [0.1, 0.15) is 22.9 Å². The summed E-state index contributed by atoms with van der Waals surface area (Å²) in [6, 6.07) is 20.0. The van der Waals surface area contributed by atoms with Crippen LogP contribution in [0.3, 0.4) is 0 Å². The number of carbonyl (C=O) groups is 1. The SMILES string of the molecule is COc1cc(C2NCCc3c2[nH]c2ccccc32)ccc1OCC(=O)Nc1ccccc1F. The zero-order valence-corrected chi connectivity index (χ0v) is 18.2. The van der Waals surface area contributed by atoms with Crippen molar-refractivity contribution in [2.75, 3.05) is 25.6 Å². The predicted octanol–water partition coefficient (Wildman–Crippen LogP) is 4.57. The molecule has 0 bridgehead atoms. The van der Waals surface area contributed by atoms with Gasteiger partial charge >= 0.3 is 0 Å². The highest BCUT2D eigenvalue weighted by atomic mass is 19.1. The summed E-state index contributed by atoms with van der Waals surface area (Å²) in [7, 11) is 1.56. The number of methoxy groups -OCH3 is 1. The summed E-state index contributed by atoms with van der Waals surface area (Å²) >= 11 is 0. The van der Waals surface area contributed by atoms with E-state index in [4.69, 9.17) is 9.47 Å². The number of nitrogens with one attached hydrogen (secondary N) is 3. The van der Waals surface area contributed by atoms with E-state index in [2.05, 4.69) is 33.8 Å². The molecule has 1 unspecified atom stereocenters. The van der Waals surface area contributed by atoms with Crippen LogP contribution in [-0.2, 0) is 11.2 Å². The zero-order chi connectivity index (χ0) is 22.8. The van der Waals surface area contributed by atoms with Gasteiger partial charge < -0.3 is 25.1 Å². The maximum Gasteiger partial charge on any atom is 0.262 e. The van der Waals surface area contributed by atoms with Gasteiger partial charge in [-0.25, -0.2) is 4.39 Å². The first-order valence-electron chi connectivity index (χ1n) is 10.8. The molecular weight excluding hydrogens is 421 g/mol. The number of amides is 1. The van der Waals surface area contributed by atoms with Crippen molar-refractivity contribution in [2.45, 2.75) is 12.5 Å². The molecule has 0 fully saturated rings. The Hall–Kier alpha value is -3.84. The van der Waals surface area contributed by atoms with Gasteiger partial charge in [0.05, 0.1) is 18.8 Å². The molecule has 1 aromatic heterocycles. The van der Waals surface area contributed by atoms with Gasteiger partial charge in [-0.1, -0.05) is 36.4 Å². The molecule has 0 saturated carbocycles. The van der Waals surface area contributed by atoms with E-state index in [1.165, 1.54) is 23.1 Å². The van der Waals surface area contributed by atoms with E-state index in [0.717, 1.165) is 29.7 Å². The lowest BCUT2D eigenvalue weighted by molar-refractivity contribution is -0.118. The standard InChI is InChI=1S/C26H24FN3O3/c1-32-23-14-16(25-26-18(12-13-28-25)17-6-2-4-8-20(17)30-26)10-11-22(23)33-15-24(31)29-21-9-5-3-7-19(21)27/h2-11,14,25,28,30H,12-13,15H2,1H3,(H,29,31). The van der Waals surface area contributed by atoms with Crippen molar-refractivity contribution < 1.29 is 18.7 Å². The molecule has 5 rings (SSSR count). The van der Waals surface area contributed by atoms with Crippen LogP contribution in [-0.4, -0.2) is 31.2 Å². The second-order valence-corrected chi connectivity index (χ2v) is 7.93. The predicted molar refractivity (Wildman–Crippen MR) is 125 cm³/mol. The molecule has 1 atom stereocenters. The third-order valence-corrected chi connectivity index (χ3v) is 5.89. The third kappa shape index (κ3) is 4.15. The van der Waals surface area contributed by atoms with Crippen molar-refractivity contribution >= 4 is 22.5 Å². The number of hydrogen-bond donors (Lipinski definition) is 3. The van der Waals surface area contributed by atoms with Gasteiger partial charge in [-0.05, 0) is 47.9 Å². The van der Waals surface area contributed by atoms with Gasteiger partial charge in [0, 0.05) is 23.1 Å². The van der Waals surface area contributed by atoms with E-state index in [1.54, 1.807) is 25.3 Å². The van der Waals surface area contributed by atoms with Crippen molar-refractivity contribution in [3.63, 3.8) is 0 Å². The van der Waals surface area contributed by atoms with Gasteiger partial charge in [-0.3, -0.25) is 4.79 Å². The van der Waals surface area contributed by atoms with Crippen molar-refractivity contribution in [1.29, 1.82) is 0 Å². The van der Waals surface area contributed by atoms with Crippen molar-refractivity contribution in [3.05, 3.63) is 89.4 Å². The van der Waals surface area contributed by atoms with Crippen LogP contribution in [0, 0.1) is 5.82 Å². The van der Waals surface area contributed by atoms with E-state index in [1.807, 2.05) is 18.2 Å². The first-order valence-corrected chi connectivity index (χ1v) is 10.8. The minimum Gasteiger partial charge on any atom is -0.493 e. The van der Waals surface area contributed by atoms with Gasteiger partial charge in [0.15, 0.2) is 18.1 Å². The Morgan fingerprint density at radius 1 is 1.09 bits per heavy atom. The molecule has 0 saturated heterocycles. The number of halogens is 1. The minimum atomic E-state index is -0.496. The maximum absolute atomic E-state index is 13.7. The molecule has 3 N–H and O–H groups in total.